The molecular weight excluding hydrogens is 234 g/mol. The van der Waals surface area contributed by atoms with Crippen LogP contribution in [0.15, 0.2) is 18.2 Å². The summed E-state index contributed by atoms with van der Waals surface area (Å²) in [5.74, 6) is 2.25. The highest BCUT2D eigenvalue weighted by molar-refractivity contribution is 6.32. The summed E-state index contributed by atoms with van der Waals surface area (Å²) < 4.78 is 5.94. The van der Waals surface area contributed by atoms with Crippen LogP contribution in [0.5, 0.6) is 5.75 Å². The topological polar surface area (TPSA) is 21.3 Å². The third-order valence-electron chi connectivity index (χ3n) is 3.66. The second kappa shape index (κ2) is 4.87. The Morgan fingerprint density at radius 2 is 2.18 bits per heavy atom. The number of benzene rings is 1. The minimum atomic E-state index is 0.558. The highest BCUT2D eigenvalue weighted by atomic mass is 35.5. The van der Waals surface area contributed by atoms with Crippen LogP contribution in [0.3, 0.4) is 0 Å². The fourth-order valence-corrected chi connectivity index (χ4v) is 2.64. The van der Waals surface area contributed by atoms with E-state index >= 15 is 0 Å². The quantitative estimate of drug-likeness (QED) is 0.887. The molecule has 1 aliphatic carbocycles. The molecule has 0 aromatic heterocycles. The fourth-order valence-electron chi connectivity index (χ4n) is 2.41. The van der Waals surface area contributed by atoms with Crippen molar-refractivity contribution in [3.05, 3.63) is 28.8 Å². The summed E-state index contributed by atoms with van der Waals surface area (Å²) >= 11 is 6.27. The van der Waals surface area contributed by atoms with E-state index < -0.39 is 0 Å². The van der Waals surface area contributed by atoms with Crippen molar-refractivity contribution in [1.29, 1.82) is 0 Å². The average Bonchev–Trinajstić information content (AvgIpc) is 3.00. The molecule has 0 radical (unpaired) electrons. The number of hydrogen-bond donors (Lipinski definition) is 1. The van der Waals surface area contributed by atoms with Crippen molar-refractivity contribution in [1.82, 2.24) is 5.32 Å². The highest BCUT2D eigenvalue weighted by Gasteiger charge is 2.25. The number of ether oxygens (including phenoxy) is 1. The van der Waals surface area contributed by atoms with E-state index in [2.05, 4.69) is 11.4 Å². The van der Waals surface area contributed by atoms with Gasteiger partial charge in [-0.15, -0.1) is 0 Å². The molecule has 1 heterocycles. The molecule has 3 heteroatoms. The maximum absolute atomic E-state index is 6.27. The molecule has 2 fully saturated rings. The number of hydrogen-bond acceptors (Lipinski definition) is 2. The third kappa shape index (κ3) is 2.58. The average molecular weight is 252 g/mol. The fraction of sp³-hybridized carbons (Fsp3) is 0.571. The SMILES string of the molecule is Clc1cccc(C2CCNC2)c1OCC1CC1. The molecule has 1 saturated heterocycles. The molecule has 92 valence electrons. The van der Waals surface area contributed by atoms with Gasteiger partial charge in [0, 0.05) is 18.0 Å². The monoisotopic (exact) mass is 251 g/mol. The van der Waals surface area contributed by atoms with Gasteiger partial charge in [0.1, 0.15) is 5.75 Å². The first-order valence-corrected chi connectivity index (χ1v) is 6.84. The van der Waals surface area contributed by atoms with Gasteiger partial charge in [-0.05, 0) is 37.8 Å². The van der Waals surface area contributed by atoms with E-state index in [4.69, 9.17) is 16.3 Å². The van der Waals surface area contributed by atoms with Crippen LogP contribution in [0, 0.1) is 5.92 Å². The molecular formula is C14H18ClNO. The lowest BCUT2D eigenvalue weighted by Gasteiger charge is -2.16. The zero-order valence-corrected chi connectivity index (χ0v) is 10.7. The lowest BCUT2D eigenvalue weighted by atomic mass is 9.97. The Morgan fingerprint density at radius 3 is 2.88 bits per heavy atom. The predicted octanol–water partition coefficient (Wildman–Crippen LogP) is 3.21. The van der Waals surface area contributed by atoms with Gasteiger partial charge in [0.15, 0.2) is 0 Å². The third-order valence-corrected chi connectivity index (χ3v) is 3.96. The summed E-state index contributed by atoms with van der Waals surface area (Å²) in [6, 6.07) is 6.11. The van der Waals surface area contributed by atoms with Crippen molar-refractivity contribution in [2.75, 3.05) is 19.7 Å². The van der Waals surface area contributed by atoms with Gasteiger partial charge in [0.2, 0.25) is 0 Å². The van der Waals surface area contributed by atoms with Crippen LogP contribution < -0.4 is 10.1 Å². The molecule has 1 N–H and O–H groups in total. The summed E-state index contributed by atoms with van der Waals surface area (Å²) in [5, 5.41) is 4.16. The summed E-state index contributed by atoms with van der Waals surface area (Å²) in [6.45, 7) is 2.97. The van der Waals surface area contributed by atoms with Crippen LogP contribution >= 0.6 is 11.6 Å². The number of para-hydroxylation sites is 1. The van der Waals surface area contributed by atoms with Crippen molar-refractivity contribution >= 4 is 11.6 Å². The zero-order chi connectivity index (χ0) is 11.7. The van der Waals surface area contributed by atoms with Crippen LogP contribution in [0.2, 0.25) is 5.02 Å². The van der Waals surface area contributed by atoms with E-state index in [1.165, 1.54) is 24.8 Å². The van der Waals surface area contributed by atoms with Crippen LogP contribution in [0.25, 0.3) is 0 Å². The van der Waals surface area contributed by atoms with E-state index in [1.807, 2.05) is 12.1 Å². The van der Waals surface area contributed by atoms with E-state index in [0.717, 1.165) is 36.4 Å². The van der Waals surface area contributed by atoms with Crippen molar-refractivity contribution in [3.8, 4) is 5.75 Å². The molecule has 0 bridgehead atoms. The molecule has 0 spiro atoms. The summed E-state index contributed by atoms with van der Waals surface area (Å²) in [4.78, 5) is 0. The molecule has 1 atom stereocenters. The minimum Gasteiger partial charge on any atom is -0.491 e. The second-order valence-corrected chi connectivity index (χ2v) is 5.51. The molecule has 1 saturated carbocycles. The van der Waals surface area contributed by atoms with Crippen molar-refractivity contribution < 1.29 is 4.74 Å². The van der Waals surface area contributed by atoms with Gasteiger partial charge < -0.3 is 10.1 Å². The Balaban J connectivity index is 1.81. The summed E-state index contributed by atoms with van der Waals surface area (Å²) in [5.41, 5.74) is 1.28. The molecule has 2 aliphatic rings. The van der Waals surface area contributed by atoms with Crippen LogP contribution in [0.4, 0.5) is 0 Å². The van der Waals surface area contributed by atoms with Crippen LogP contribution in [0.1, 0.15) is 30.7 Å². The van der Waals surface area contributed by atoms with Gasteiger partial charge in [0.05, 0.1) is 11.6 Å². The first-order valence-electron chi connectivity index (χ1n) is 6.46. The molecule has 0 amide bonds. The van der Waals surface area contributed by atoms with E-state index in [9.17, 15) is 0 Å². The lowest BCUT2D eigenvalue weighted by Crippen LogP contribution is -2.10. The molecule has 1 aliphatic heterocycles. The van der Waals surface area contributed by atoms with E-state index in [-0.39, 0.29) is 0 Å². The maximum Gasteiger partial charge on any atom is 0.141 e. The molecule has 2 nitrogen and oxygen atoms in total. The Hall–Kier alpha value is -0.730. The number of halogens is 1. The smallest absolute Gasteiger partial charge is 0.141 e. The van der Waals surface area contributed by atoms with Gasteiger partial charge in [-0.3, -0.25) is 0 Å². The number of rotatable bonds is 4. The van der Waals surface area contributed by atoms with Gasteiger partial charge in [-0.2, -0.15) is 0 Å². The second-order valence-electron chi connectivity index (χ2n) is 5.10. The first kappa shape index (κ1) is 11.4. The Kier molecular flexibility index (Phi) is 3.26. The molecule has 1 aromatic carbocycles. The summed E-state index contributed by atoms with van der Waals surface area (Å²) in [6.07, 6.45) is 3.80. The first-order chi connectivity index (χ1) is 8.34. The van der Waals surface area contributed by atoms with Crippen molar-refractivity contribution in [2.45, 2.75) is 25.2 Å². The molecule has 1 unspecified atom stereocenters. The predicted molar refractivity (Wildman–Crippen MR) is 69.9 cm³/mol. The normalized spacial score (nSPS) is 23.9. The highest BCUT2D eigenvalue weighted by Crippen LogP contribution is 2.38. The van der Waals surface area contributed by atoms with E-state index in [0.29, 0.717) is 5.92 Å². The van der Waals surface area contributed by atoms with Gasteiger partial charge in [0.25, 0.3) is 0 Å². The van der Waals surface area contributed by atoms with Crippen molar-refractivity contribution in [3.63, 3.8) is 0 Å². The Labute approximate surface area is 107 Å². The van der Waals surface area contributed by atoms with Gasteiger partial charge >= 0.3 is 0 Å². The molecule has 17 heavy (non-hydrogen) atoms. The number of nitrogens with one attached hydrogen (secondary N) is 1. The molecule has 3 rings (SSSR count). The molecule has 1 aromatic rings. The maximum atomic E-state index is 6.27. The van der Waals surface area contributed by atoms with Crippen LogP contribution in [-0.4, -0.2) is 19.7 Å². The minimum absolute atomic E-state index is 0.558. The van der Waals surface area contributed by atoms with E-state index in [1.54, 1.807) is 0 Å². The zero-order valence-electron chi connectivity index (χ0n) is 9.92. The summed E-state index contributed by atoms with van der Waals surface area (Å²) in [7, 11) is 0. The standard InChI is InChI=1S/C14H18ClNO/c15-13-3-1-2-12(11-6-7-16-8-11)14(13)17-9-10-4-5-10/h1-3,10-11,16H,4-9H2. The van der Waals surface area contributed by atoms with Gasteiger partial charge in [-0.25, -0.2) is 0 Å². The van der Waals surface area contributed by atoms with Crippen molar-refractivity contribution in [2.24, 2.45) is 5.92 Å². The largest absolute Gasteiger partial charge is 0.491 e. The Bertz CT molecular complexity index is 397. The van der Waals surface area contributed by atoms with Crippen LogP contribution in [-0.2, 0) is 0 Å². The Morgan fingerprint density at radius 1 is 1.29 bits per heavy atom. The lowest BCUT2D eigenvalue weighted by molar-refractivity contribution is 0.295. The van der Waals surface area contributed by atoms with Gasteiger partial charge in [-0.1, -0.05) is 23.7 Å².